The Morgan fingerprint density at radius 3 is 1.78 bits per heavy atom. The molecule has 9 heavy (non-hydrogen) atoms. The van der Waals surface area contributed by atoms with E-state index >= 15 is 0 Å². The van der Waals surface area contributed by atoms with E-state index in [1.54, 1.807) is 0 Å². The molecule has 4 nitrogen and oxygen atoms in total. The number of rotatable bonds is 2. The Morgan fingerprint density at radius 2 is 1.78 bits per heavy atom. The summed E-state index contributed by atoms with van der Waals surface area (Å²) in [5.74, 6) is 0. The molecular formula is C3H8O4S2. The first-order chi connectivity index (χ1) is 3.89. The van der Waals surface area contributed by atoms with Gasteiger partial charge in [0.1, 0.15) is 0 Å². The van der Waals surface area contributed by atoms with Gasteiger partial charge in [-0.25, -0.2) is 12.6 Å². The van der Waals surface area contributed by atoms with E-state index in [1.165, 1.54) is 13.8 Å². The van der Waals surface area contributed by atoms with E-state index in [-0.39, 0.29) is 0 Å². The summed E-state index contributed by atoms with van der Waals surface area (Å²) in [7, 11) is -6.52. The zero-order chi connectivity index (χ0) is 7.65. The fourth-order valence-electron chi connectivity index (χ4n) is 0.165. The predicted octanol–water partition coefficient (Wildman–Crippen LogP) is -0.0537. The second-order valence-electron chi connectivity index (χ2n) is 1.76. The van der Waals surface area contributed by atoms with Crippen LogP contribution in [0.25, 0.3) is 0 Å². The highest BCUT2D eigenvalue weighted by molar-refractivity contribution is 8.62. The third kappa shape index (κ3) is 2.04. The third-order valence-corrected chi connectivity index (χ3v) is 4.68. The van der Waals surface area contributed by atoms with Crippen molar-refractivity contribution in [2.24, 2.45) is 0 Å². The first-order valence-electron chi connectivity index (χ1n) is 2.24. The molecule has 1 unspecified atom stereocenters. The molecule has 0 aliphatic rings. The Kier molecular flexibility index (Phi) is 2.78. The molecule has 0 aromatic heterocycles. The van der Waals surface area contributed by atoms with Gasteiger partial charge in [-0.15, -0.1) is 0 Å². The van der Waals surface area contributed by atoms with Crippen molar-refractivity contribution in [1.29, 1.82) is 0 Å². The summed E-state index contributed by atoms with van der Waals surface area (Å²) in [5.41, 5.74) is 0. The van der Waals surface area contributed by atoms with Crippen molar-refractivity contribution >= 4 is 19.0 Å². The Labute approximate surface area is 55.9 Å². The molecule has 0 fully saturated rings. The number of hydrogen-bond donors (Lipinski definition) is 1. The van der Waals surface area contributed by atoms with Crippen molar-refractivity contribution in [1.82, 2.24) is 0 Å². The van der Waals surface area contributed by atoms with Crippen LogP contribution in [0.4, 0.5) is 0 Å². The van der Waals surface area contributed by atoms with Crippen LogP contribution in [0.3, 0.4) is 0 Å². The molecule has 0 aromatic carbocycles. The van der Waals surface area contributed by atoms with Crippen molar-refractivity contribution in [3.8, 4) is 0 Å². The Hall–Kier alpha value is 0.0600. The standard InChI is InChI=1S/C3H8O4S2/c1-3(2)9(6,7)8(4)5/h3H,1-2H3,(H,4,5). The quantitative estimate of drug-likeness (QED) is 0.468. The van der Waals surface area contributed by atoms with E-state index in [1.807, 2.05) is 0 Å². The van der Waals surface area contributed by atoms with Crippen LogP contribution >= 0.6 is 0 Å². The van der Waals surface area contributed by atoms with Gasteiger partial charge in [0, 0.05) is 0 Å². The van der Waals surface area contributed by atoms with Gasteiger partial charge in [0.05, 0.1) is 5.25 Å². The van der Waals surface area contributed by atoms with Crippen molar-refractivity contribution in [2.45, 2.75) is 19.1 Å². The summed E-state index contributed by atoms with van der Waals surface area (Å²) >= 11 is 0. The Bertz CT molecular complexity index is 202. The van der Waals surface area contributed by atoms with Gasteiger partial charge in [0.25, 0.3) is 19.0 Å². The molecule has 56 valence electrons. The number of hydrogen-bond acceptors (Lipinski definition) is 3. The van der Waals surface area contributed by atoms with Crippen molar-refractivity contribution in [3.05, 3.63) is 0 Å². The molecule has 6 heteroatoms. The van der Waals surface area contributed by atoms with Crippen molar-refractivity contribution in [3.63, 3.8) is 0 Å². The van der Waals surface area contributed by atoms with Gasteiger partial charge in [0.2, 0.25) is 0 Å². The van der Waals surface area contributed by atoms with Crippen LogP contribution in [0, 0.1) is 0 Å². The van der Waals surface area contributed by atoms with Crippen LogP contribution in [0.15, 0.2) is 0 Å². The normalized spacial score (nSPS) is 16.0. The van der Waals surface area contributed by atoms with Crippen LogP contribution in [0.1, 0.15) is 13.8 Å². The summed E-state index contributed by atoms with van der Waals surface area (Å²) in [5, 5.41) is -0.789. The lowest BCUT2D eigenvalue weighted by Crippen LogP contribution is -2.17. The van der Waals surface area contributed by atoms with Gasteiger partial charge in [-0.2, -0.15) is 0 Å². The van der Waals surface area contributed by atoms with E-state index in [4.69, 9.17) is 4.55 Å². The average Bonchev–Trinajstić information content (AvgIpc) is 1.65. The molecule has 0 aliphatic carbocycles. The van der Waals surface area contributed by atoms with Crippen molar-refractivity contribution < 1.29 is 17.2 Å². The van der Waals surface area contributed by atoms with Crippen LogP contribution in [0.2, 0.25) is 0 Å². The maximum atomic E-state index is 10.5. The monoisotopic (exact) mass is 172 g/mol. The molecule has 0 aromatic rings. The average molecular weight is 172 g/mol. The summed E-state index contributed by atoms with van der Waals surface area (Å²) in [4.78, 5) is 0. The lowest BCUT2D eigenvalue weighted by atomic mass is 10.6. The minimum Gasteiger partial charge on any atom is -0.294 e. The van der Waals surface area contributed by atoms with E-state index in [0.29, 0.717) is 0 Å². The minimum atomic E-state index is -3.79. The summed E-state index contributed by atoms with van der Waals surface area (Å²) in [6.45, 7) is 2.70. The first kappa shape index (κ1) is 9.06. The molecule has 0 rings (SSSR count). The topological polar surface area (TPSA) is 71.4 Å². The molecule has 0 bridgehead atoms. The Morgan fingerprint density at radius 1 is 1.44 bits per heavy atom. The predicted molar refractivity (Wildman–Crippen MR) is 34.8 cm³/mol. The maximum absolute atomic E-state index is 10.5. The lowest BCUT2D eigenvalue weighted by Gasteiger charge is -1.99. The van der Waals surface area contributed by atoms with Crippen LogP contribution in [-0.2, 0) is 19.0 Å². The summed E-state index contributed by atoms with van der Waals surface area (Å²) < 4.78 is 39.1. The fraction of sp³-hybridized carbons (Fsp3) is 1.00. The van der Waals surface area contributed by atoms with Gasteiger partial charge in [-0.3, -0.25) is 4.55 Å². The van der Waals surface area contributed by atoms with Gasteiger partial charge < -0.3 is 0 Å². The van der Waals surface area contributed by atoms with Gasteiger partial charge >= 0.3 is 0 Å². The molecule has 0 spiro atoms. The van der Waals surface area contributed by atoms with Crippen LogP contribution < -0.4 is 0 Å². The van der Waals surface area contributed by atoms with E-state index < -0.39 is 24.2 Å². The summed E-state index contributed by atoms with van der Waals surface area (Å²) in [6, 6.07) is 0. The third-order valence-electron chi connectivity index (χ3n) is 0.776. The van der Waals surface area contributed by atoms with Gasteiger partial charge in [-0.05, 0) is 13.8 Å². The second kappa shape index (κ2) is 2.76. The second-order valence-corrected chi connectivity index (χ2v) is 6.37. The zero-order valence-electron chi connectivity index (χ0n) is 5.07. The van der Waals surface area contributed by atoms with E-state index in [0.717, 1.165) is 0 Å². The molecule has 1 atom stereocenters. The molecule has 0 radical (unpaired) electrons. The first-order valence-corrected chi connectivity index (χ1v) is 5.41. The molecule has 0 aliphatic heterocycles. The zero-order valence-corrected chi connectivity index (χ0v) is 6.70. The minimum absolute atomic E-state index is 0.789. The van der Waals surface area contributed by atoms with E-state index in [9.17, 15) is 12.6 Å². The highest BCUT2D eigenvalue weighted by Gasteiger charge is 2.22. The highest BCUT2D eigenvalue weighted by atomic mass is 33.2. The van der Waals surface area contributed by atoms with Crippen molar-refractivity contribution in [2.75, 3.05) is 0 Å². The summed E-state index contributed by atoms with van der Waals surface area (Å²) in [6.07, 6.45) is 0. The molecule has 1 N–H and O–H groups in total. The Balaban J connectivity index is 4.63. The van der Waals surface area contributed by atoms with Gasteiger partial charge in [0.15, 0.2) is 0 Å². The fourth-order valence-corrected chi connectivity index (χ4v) is 1.48. The SMILES string of the molecule is CC(C)S(=O)(=O)S(=O)O. The molecular weight excluding hydrogens is 164 g/mol. The largest absolute Gasteiger partial charge is 0.294 e. The van der Waals surface area contributed by atoms with Crippen LogP contribution in [-0.4, -0.2) is 22.4 Å². The van der Waals surface area contributed by atoms with Crippen LogP contribution in [0.5, 0.6) is 0 Å². The lowest BCUT2D eigenvalue weighted by molar-refractivity contribution is 0.559. The molecule has 0 saturated carbocycles. The van der Waals surface area contributed by atoms with Gasteiger partial charge in [-0.1, -0.05) is 0 Å². The molecule has 0 amide bonds. The maximum Gasteiger partial charge on any atom is 0.274 e. The molecule has 0 heterocycles. The smallest absolute Gasteiger partial charge is 0.274 e. The van der Waals surface area contributed by atoms with E-state index in [2.05, 4.69) is 0 Å². The molecule has 0 saturated heterocycles. The highest BCUT2D eigenvalue weighted by Crippen LogP contribution is 2.02.